The van der Waals surface area contributed by atoms with E-state index in [1.807, 2.05) is 27.8 Å². The summed E-state index contributed by atoms with van der Waals surface area (Å²) < 4.78 is 0. The molecule has 5 nitrogen and oxygen atoms in total. The molecule has 0 unspecified atom stereocenters. The third kappa shape index (κ3) is 5.55. The number of amides is 2. The maximum absolute atomic E-state index is 12.2. The van der Waals surface area contributed by atoms with Crippen LogP contribution in [0, 0.1) is 5.41 Å². The molecule has 5 heteroatoms. The largest absolute Gasteiger partial charge is 0.352 e. The zero-order valence-corrected chi connectivity index (χ0v) is 13.2. The molecule has 0 spiro atoms. The van der Waals surface area contributed by atoms with Gasteiger partial charge >= 0.3 is 0 Å². The van der Waals surface area contributed by atoms with Crippen molar-refractivity contribution in [3.8, 4) is 0 Å². The van der Waals surface area contributed by atoms with Crippen molar-refractivity contribution in [2.45, 2.75) is 27.2 Å². The highest BCUT2D eigenvalue weighted by Gasteiger charge is 2.22. The molecule has 0 saturated carbocycles. The molecule has 3 N–H and O–H groups in total. The van der Waals surface area contributed by atoms with Gasteiger partial charge in [-0.1, -0.05) is 32.9 Å². The van der Waals surface area contributed by atoms with Crippen LogP contribution in [-0.2, 0) is 4.79 Å². The van der Waals surface area contributed by atoms with E-state index in [1.54, 1.807) is 24.3 Å². The second-order valence-corrected chi connectivity index (χ2v) is 5.96. The SMILES string of the molecule is CNCCCNC(=O)c1ccccc1NC(=O)C(C)(C)C. The van der Waals surface area contributed by atoms with Gasteiger partial charge in [0.15, 0.2) is 0 Å². The predicted octanol–water partition coefficient (Wildman–Crippen LogP) is 2.01. The van der Waals surface area contributed by atoms with Crippen molar-refractivity contribution in [2.75, 3.05) is 25.5 Å². The molecule has 0 bridgehead atoms. The Hall–Kier alpha value is -1.88. The van der Waals surface area contributed by atoms with Crippen LogP contribution in [-0.4, -0.2) is 32.0 Å². The third-order valence-corrected chi connectivity index (χ3v) is 2.99. The molecule has 0 aliphatic heterocycles. The Morgan fingerprint density at radius 2 is 1.76 bits per heavy atom. The number of carbonyl (C=O) groups excluding carboxylic acids is 2. The van der Waals surface area contributed by atoms with E-state index >= 15 is 0 Å². The quantitative estimate of drug-likeness (QED) is 0.702. The summed E-state index contributed by atoms with van der Waals surface area (Å²) in [5, 5.41) is 8.70. The molecule has 116 valence electrons. The van der Waals surface area contributed by atoms with E-state index in [0.29, 0.717) is 17.8 Å². The Bertz CT molecular complexity index is 493. The molecule has 0 heterocycles. The zero-order valence-electron chi connectivity index (χ0n) is 13.2. The number of hydrogen-bond acceptors (Lipinski definition) is 3. The highest BCUT2D eigenvalue weighted by atomic mass is 16.2. The average molecular weight is 291 g/mol. The fourth-order valence-electron chi connectivity index (χ4n) is 1.66. The lowest BCUT2D eigenvalue weighted by molar-refractivity contribution is -0.123. The molecule has 1 aromatic carbocycles. The molecule has 0 atom stereocenters. The Kier molecular flexibility index (Phi) is 6.37. The molecule has 0 aliphatic rings. The van der Waals surface area contributed by atoms with Crippen LogP contribution in [0.15, 0.2) is 24.3 Å². The lowest BCUT2D eigenvalue weighted by atomic mass is 9.95. The number of rotatable bonds is 6. The Labute approximate surface area is 126 Å². The summed E-state index contributed by atoms with van der Waals surface area (Å²) in [5.41, 5.74) is 0.527. The molecule has 0 saturated heterocycles. The highest BCUT2D eigenvalue weighted by Crippen LogP contribution is 2.20. The summed E-state index contributed by atoms with van der Waals surface area (Å²) in [6, 6.07) is 7.04. The van der Waals surface area contributed by atoms with E-state index < -0.39 is 5.41 Å². The minimum Gasteiger partial charge on any atom is -0.352 e. The molecule has 1 aromatic rings. The molecular formula is C16H25N3O2. The molecule has 0 aromatic heterocycles. The standard InChI is InChI=1S/C16H25N3O2/c1-16(2,3)15(21)19-13-9-6-5-8-12(13)14(20)18-11-7-10-17-4/h5-6,8-9,17H,7,10-11H2,1-4H3,(H,18,20)(H,19,21). The Balaban J connectivity index is 2.75. The zero-order chi connectivity index (χ0) is 15.9. The Morgan fingerprint density at radius 1 is 1.10 bits per heavy atom. The van der Waals surface area contributed by atoms with Gasteiger partial charge < -0.3 is 16.0 Å². The molecular weight excluding hydrogens is 266 g/mol. The van der Waals surface area contributed by atoms with Crippen LogP contribution >= 0.6 is 0 Å². The summed E-state index contributed by atoms with van der Waals surface area (Å²) >= 11 is 0. The summed E-state index contributed by atoms with van der Waals surface area (Å²) in [6.45, 7) is 6.96. The maximum atomic E-state index is 12.2. The van der Waals surface area contributed by atoms with Crippen molar-refractivity contribution in [3.05, 3.63) is 29.8 Å². The molecule has 0 fully saturated rings. The third-order valence-electron chi connectivity index (χ3n) is 2.99. The van der Waals surface area contributed by atoms with E-state index in [9.17, 15) is 9.59 Å². The van der Waals surface area contributed by atoms with E-state index in [4.69, 9.17) is 0 Å². The summed E-state index contributed by atoms with van der Waals surface area (Å²) in [4.78, 5) is 24.2. The van der Waals surface area contributed by atoms with Crippen LogP contribution < -0.4 is 16.0 Å². The maximum Gasteiger partial charge on any atom is 0.253 e. The monoisotopic (exact) mass is 291 g/mol. The lowest BCUT2D eigenvalue weighted by Gasteiger charge is -2.19. The van der Waals surface area contributed by atoms with Gasteiger partial charge in [-0.05, 0) is 32.1 Å². The number of para-hydroxylation sites is 1. The van der Waals surface area contributed by atoms with Crippen LogP contribution in [0.25, 0.3) is 0 Å². The first-order chi connectivity index (χ1) is 9.86. The summed E-state index contributed by atoms with van der Waals surface area (Å²) in [6.07, 6.45) is 0.860. The van der Waals surface area contributed by atoms with E-state index in [1.165, 1.54) is 0 Å². The van der Waals surface area contributed by atoms with Gasteiger partial charge in [0.2, 0.25) is 5.91 Å². The fourth-order valence-corrected chi connectivity index (χ4v) is 1.66. The number of carbonyl (C=O) groups is 2. The van der Waals surface area contributed by atoms with Gasteiger partial charge in [0.05, 0.1) is 11.3 Å². The van der Waals surface area contributed by atoms with Gasteiger partial charge in [0, 0.05) is 12.0 Å². The van der Waals surface area contributed by atoms with Crippen molar-refractivity contribution < 1.29 is 9.59 Å². The van der Waals surface area contributed by atoms with Crippen molar-refractivity contribution in [1.29, 1.82) is 0 Å². The molecule has 1 rings (SSSR count). The molecule has 0 aliphatic carbocycles. The van der Waals surface area contributed by atoms with Crippen LogP contribution in [0.4, 0.5) is 5.69 Å². The highest BCUT2D eigenvalue weighted by molar-refractivity contribution is 6.04. The second kappa shape index (κ2) is 7.78. The smallest absolute Gasteiger partial charge is 0.253 e. The average Bonchev–Trinajstić information content (AvgIpc) is 2.43. The summed E-state index contributed by atoms with van der Waals surface area (Å²) in [5.74, 6) is -0.283. The van der Waals surface area contributed by atoms with Crippen molar-refractivity contribution in [1.82, 2.24) is 10.6 Å². The first-order valence-corrected chi connectivity index (χ1v) is 7.19. The number of anilines is 1. The van der Waals surface area contributed by atoms with Gasteiger partial charge in [-0.2, -0.15) is 0 Å². The van der Waals surface area contributed by atoms with Crippen molar-refractivity contribution in [3.63, 3.8) is 0 Å². The number of hydrogen-bond donors (Lipinski definition) is 3. The van der Waals surface area contributed by atoms with Crippen LogP contribution in [0.5, 0.6) is 0 Å². The molecule has 0 radical (unpaired) electrons. The van der Waals surface area contributed by atoms with Gasteiger partial charge in [0.25, 0.3) is 5.91 Å². The van der Waals surface area contributed by atoms with Crippen molar-refractivity contribution >= 4 is 17.5 Å². The molecule has 21 heavy (non-hydrogen) atoms. The first-order valence-electron chi connectivity index (χ1n) is 7.19. The van der Waals surface area contributed by atoms with Crippen molar-refractivity contribution in [2.24, 2.45) is 5.41 Å². The van der Waals surface area contributed by atoms with Crippen LogP contribution in [0.3, 0.4) is 0 Å². The Morgan fingerprint density at radius 3 is 2.38 bits per heavy atom. The van der Waals surface area contributed by atoms with Gasteiger partial charge in [-0.25, -0.2) is 0 Å². The minimum absolute atomic E-state index is 0.113. The lowest BCUT2D eigenvalue weighted by Crippen LogP contribution is -2.30. The first kappa shape index (κ1) is 17.2. The fraction of sp³-hybridized carbons (Fsp3) is 0.500. The number of benzene rings is 1. The predicted molar refractivity (Wildman–Crippen MR) is 85.4 cm³/mol. The second-order valence-electron chi connectivity index (χ2n) is 5.96. The number of nitrogens with one attached hydrogen (secondary N) is 3. The van der Waals surface area contributed by atoms with E-state index in [0.717, 1.165) is 13.0 Å². The topological polar surface area (TPSA) is 70.2 Å². The molecule has 2 amide bonds. The van der Waals surface area contributed by atoms with Crippen LogP contribution in [0.2, 0.25) is 0 Å². The summed E-state index contributed by atoms with van der Waals surface area (Å²) in [7, 11) is 1.87. The van der Waals surface area contributed by atoms with Gasteiger partial charge in [-0.3, -0.25) is 9.59 Å². The normalized spacial score (nSPS) is 11.0. The minimum atomic E-state index is -0.504. The van der Waals surface area contributed by atoms with Crippen LogP contribution in [0.1, 0.15) is 37.6 Å². The van der Waals surface area contributed by atoms with Gasteiger partial charge in [0.1, 0.15) is 0 Å². The van der Waals surface area contributed by atoms with E-state index in [-0.39, 0.29) is 11.8 Å². The van der Waals surface area contributed by atoms with E-state index in [2.05, 4.69) is 16.0 Å². The van der Waals surface area contributed by atoms with Gasteiger partial charge in [-0.15, -0.1) is 0 Å².